The molecule has 0 saturated carbocycles. The number of allylic oxidation sites excluding steroid dienone is 1. The average Bonchev–Trinajstić information content (AvgIpc) is 3.40. The van der Waals surface area contributed by atoms with Gasteiger partial charge in [0.05, 0.1) is 5.57 Å². The van der Waals surface area contributed by atoms with Crippen molar-refractivity contribution >= 4 is 22.7 Å². The number of nitrogens with one attached hydrogen (secondary N) is 1. The maximum atomic E-state index is 14.0. The second-order valence-electron chi connectivity index (χ2n) is 8.97. The van der Waals surface area contributed by atoms with Gasteiger partial charge in [0.2, 0.25) is 5.95 Å². The third-order valence-electron chi connectivity index (χ3n) is 6.62. The summed E-state index contributed by atoms with van der Waals surface area (Å²) in [6.45, 7) is 1.76. The van der Waals surface area contributed by atoms with E-state index in [9.17, 15) is 13.6 Å². The van der Waals surface area contributed by atoms with Crippen LogP contribution in [0.5, 0.6) is 0 Å². The van der Waals surface area contributed by atoms with Crippen LogP contribution in [0.25, 0.3) is 10.8 Å². The highest BCUT2D eigenvalue weighted by Gasteiger charge is 2.37. The maximum absolute atomic E-state index is 14.0. The highest BCUT2D eigenvalue weighted by molar-refractivity contribution is 5.95. The summed E-state index contributed by atoms with van der Waals surface area (Å²) in [5.74, 6) is -1.07. The number of carbonyl (C=O) groups excluding carboxylic acids is 1. The Morgan fingerprint density at radius 1 is 0.895 bits per heavy atom. The Bertz CT molecular complexity index is 1630. The topological polar surface area (TPSA) is 81.9 Å². The van der Waals surface area contributed by atoms with E-state index in [1.165, 1.54) is 24.3 Å². The second kappa shape index (κ2) is 9.51. The first kappa shape index (κ1) is 23.5. The summed E-state index contributed by atoms with van der Waals surface area (Å²) < 4.78 is 35.0. The van der Waals surface area contributed by atoms with Gasteiger partial charge < -0.3 is 10.1 Å². The molecule has 9 heteroatoms. The summed E-state index contributed by atoms with van der Waals surface area (Å²) in [6, 6.07) is 24.3. The minimum atomic E-state index is -0.910. The number of tetrazole rings is 1. The van der Waals surface area contributed by atoms with E-state index in [-0.39, 0.29) is 0 Å². The molecule has 0 amide bonds. The minimum absolute atomic E-state index is 0.315. The molecule has 1 atom stereocenters. The fourth-order valence-electron chi connectivity index (χ4n) is 4.83. The Kier molecular flexibility index (Phi) is 5.88. The van der Waals surface area contributed by atoms with Gasteiger partial charge in [-0.05, 0) is 69.1 Å². The molecule has 1 aliphatic heterocycles. The van der Waals surface area contributed by atoms with Gasteiger partial charge in [-0.15, -0.1) is 0 Å². The molecule has 1 aromatic heterocycles. The van der Waals surface area contributed by atoms with Gasteiger partial charge in [0.1, 0.15) is 17.7 Å². The number of anilines is 1. The first-order chi connectivity index (χ1) is 18.5. The molecule has 5 aromatic rings. The van der Waals surface area contributed by atoms with Gasteiger partial charge in [-0.1, -0.05) is 71.8 Å². The summed E-state index contributed by atoms with van der Waals surface area (Å²) in [7, 11) is 0. The molecule has 4 aromatic carbocycles. The summed E-state index contributed by atoms with van der Waals surface area (Å²) in [5, 5.41) is 17.1. The first-order valence-corrected chi connectivity index (χ1v) is 11.9. The van der Waals surface area contributed by atoms with Crippen molar-refractivity contribution in [2.24, 2.45) is 0 Å². The van der Waals surface area contributed by atoms with Gasteiger partial charge in [-0.2, -0.15) is 4.68 Å². The molecule has 1 aliphatic rings. The van der Waals surface area contributed by atoms with E-state index in [0.717, 1.165) is 16.3 Å². The monoisotopic (exact) mass is 509 g/mol. The summed E-state index contributed by atoms with van der Waals surface area (Å²) in [4.78, 5) is 14.0. The molecule has 1 unspecified atom stereocenters. The van der Waals surface area contributed by atoms with Gasteiger partial charge in [0, 0.05) is 5.70 Å². The second-order valence-corrected chi connectivity index (χ2v) is 8.97. The number of hydrogen-bond donors (Lipinski definition) is 1. The van der Waals surface area contributed by atoms with Crippen LogP contribution in [0.4, 0.5) is 14.7 Å². The molecule has 188 valence electrons. The van der Waals surface area contributed by atoms with Crippen molar-refractivity contribution in [3.63, 3.8) is 0 Å². The molecule has 1 N–H and O–H groups in total. The molecule has 0 saturated heterocycles. The van der Waals surface area contributed by atoms with Gasteiger partial charge in [0.15, 0.2) is 6.10 Å². The van der Waals surface area contributed by atoms with E-state index in [4.69, 9.17) is 4.74 Å². The number of nitrogens with zero attached hydrogens (tertiary/aromatic N) is 4. The van der Waals surface area contributed by atoms with Crippen LogP contribution in [-0.4, -0.2) is 26.2 Å². The predicted octanol–water partition coefficient (Wildman–Crippen LogP) is 5.73. The average molecular weight is 510 g/mol. The van der Waals surface area contributed by atoms with Crippen LogP contribution in [0.1, 0.15) is 35.8 Å². The standard InChI is InChI=1S/C29H21F2N5O2/c1-17-25(28(37)38-27(19-9-13-21(30)14-10-19)20-11-15-22(31)16-12-20)26(36-29(32-17)33-34-35-36)24-8-4-6-18-5-2-3-7-23(18)24/h2-16,26-27H,1H3,(H,32,33,35). The van der Waals surface area contributed by atoms with Crippen molar-refractivity contribution in [2.75, 3.05) is 5.32 Å². The normalized spacial score (nSPS) is 14.9. The molecule has 0 fully saturated rings. The van der Waals surface area contributed by atoms with Crippen molar-refractivity contribution < 1.29 is 18.3 Å². The largest absolute Gasteiger partial charge is 0.449 e. The highest BCUT2D eigenvalue weighted by atomic mass is 19.1. The van der Waals surface area contributed by atoms with Crippen molar-refractivity contribution in [3.05, 3.63) is 131 Å². The van der Waals surface area contributed by atoms with Gasteiger partial charge in [0.25, 0.3) is 0 Å². The molecule has 2 heterocycles. The van der Waals surface area contributed by atoms with Crippen LogP contribution in [0, 0.1) is 11.6 Å². The zero-order valence-corrected chi connectivity index (χ0v) is 20.2. The Morgan fingerprint density at radius 2 is 1.53 bits per heavy atom. The van der Waals surface area contributed by atoms with Crippen molar-refractivity contribution in [1.82, 2.24) is 20.2 Å². The Balaban J connectivity index is 1.46. The lowest BCUT2D eigenvalue weighted by molar-refractivity contribution is -0.143. The smallest absolute Gasteiger partial charge is 0.339 e. The predicted molar refractivity (Wildman–Crippen MR) is 137 cm³/mol. The number of esters is 1. The zero-order chi connectivity index (χ0) is 26.2. The van der Waals surface area contributed by atoms with E-state index in [2.05, 4.69) is 20.8 Å². The third kappa shape index (κ3) is 4.17. The molecule has 0 aliphatic carbocycles. The minimum Gasteiger partial charge on any atom is -0.449 e. The van der Waals surface area contributed by atoms with Crippen molar-refractivity contribution in [2.45, 2.75) is 19.1 Å². The van der Waals surface area contributed by atoms with Gasteiger partial charge in [-0.25, -0.2) is 13.6 Å². The molecule has 7 nitrogen and oxygen atoms in total. The number of fused-ring (bicyclic) bond motifs is 2. The quantitative estimate of drug-likeness (QED) is 0.305. The van der Waals surface area contributed by atoms with Crippen LogP contribution < -0.4 is 5.32 Å². The van der Waals surface area contributed by atoms with Crippen LogP contribution >= 0.6 is 0 Å². The molecule has 0 radical (unpaired) electrons. The number of halogens is 2. The lowest BCUT2D eigenvalue weighted by atomic mass is 9.91. The third-order valence-corrected chi connectivity index (χ3v) is 6.62. The summed E-state index contributed by atoms with van der Waals surface area (Å²) in [5.41, 5.74) is 2.75. The number of aromatic nitrogens is 4. The Labute approximate surface area is 216 Å². The Hall–Kier alpha value is -4.92. The van der Waals surface area contributed by atoms with Crippen LogP contribution in [0.15, 0.2) is 102 Å². The number of ether oxygens (including phenoxy) is 1. The molecule has 0 spiro atoms. The van der Waals surface area contributed by atoms with E-state index < -0.39 is 29.7 Å². The lowest BCUT2D eigenvalue weighted by Crippen LogP contribution is -2.30. The number of hydrogen-bond acceptors (Lipinski definition) is 6. The lowest BCUT2D eigenvalue weighted by Gasteiger charge is -2.29. The van der Waals surface area contributed by atoms with Gasteiger partial charge >= 0.3 is 5.97 Å². The maximum Gasteiger partial charge on any atom is 0.339 e. The van der Waals surface area contributed by atoms with E-state index in [1.54, 1.807) is 35.9 Å². The van der Waals surface area contributed by atoms with Crippen LogP contribution in [-0.2, 0) is 9.53 Å². The Morgan fingerprint density at radius 3 is 2.21 bits per heavy atom. The number of rotatable bonds is 5. The molecule has 38 heavy (non-hydrogen) atoms. The molecular weight excluding hydrogens is 488 g/mol. The summed E-state index contributed by atoms with van der Waals surface area (Å²) in [6.07, 6.45) is -0.910. The number of benzene rings is 4. The van der Waals surface area contributed by atoms with E-state index >= 15 is 0 Å². The summed E-state index contributed by atoms with van der Waals surface area (Å²) >= 11 is 0. The van der Waals surface area contributed by atoms with E-state index in [1.807, 2.05) is 42.5 Å². The van der Waals surface area contributed by atoms with Crippen molar-refractivity contribution in [3.8, 4) is 0 Å². The highest BCUT2D eigenvalue weighted by Crippen LogP contribution is 2.39. The number of carbonyl (C=O) groups is 1. The van der Waals surface area contributed by atoms with Crippen LogP contribution in [0.3, 0.4) is 0 Å². The fourth-order valence-corrected chi connectivity index (χ4v) is 4.83. The van der Waals surface area contributed by atoms with Crippen LogP contribution in [0.2, 0.25) is 0 Å². The first-order valence-electron chi connectivity index (χ1n) is 11.9. The molecule has 6 rings (SSSR count). The van der Waals surface area contributed by atoms with Gasteiger partial charge in [-0.3, -0.25) is 0 Å². The fraction of sp³-hybridized carbons (Fsp3) is 0.103. The SMILES string of the molecule is CC1=C(C(=O)OC(c2ccc(F)cc2)c2ccc(F)cc2)C(c2cccc3ccccc23)n2nnnc2N1. The molecular formula is C29H21F2N5O2. The molecule has 0 bridgehead atoms. The zero-order valence-electron chi connectivity index (χ0n) is 20.2. The van der Waals surface area contributed by atoms with Crippen molar-refractivity contribution in [1.29, 1.82) is 0 Å². The van der Waals surface area contributed by atoms with E-state index in [0.29, 0.717) is 28.3 Å².